The highest BCUT2D eigenvalue weighted by molar-refractivity contribution is 5.74. The van der Waals surface area contributed by atoms with E-state index in [9.17, 15) is 4.79 Å². The summed E-state index contributed by atoms with van der Waals surface area (Å²) >= 11 is 0. The van der Waals surface area contributed by atoms with Crippen LogP contribution >= 0.6 is 0 Å². The number of urea groups is 1. The predicted octanol–water partition coefficient (Wildman–Crippen LogP) is 3.03. The summed E-state index contributed by atoms with van der Waals surface area (Å²) in [4.78, 5) is 12.2. The molecular formula is C19H31N3O3. The summed E-state index contributed by atoms with van der Waals surface area (Å²) in [5.41, 5.74) is -0.0146. The molecule has 6 nitrogen and oxygen atoms in total. The van der Waals surface area contributed by atoms with Gasteiger partial charge in [0.05, 0.1) is 6.61 Å². The molecule has 25 heavy (non-hydrogen) atoms. The average Bonchev–Trinajstić information content (AvgIpc) is 2.46. The minimum absolute atomic E-state index is 0.00731. The van der Waals surface area contributed by atoms with Crippen LogP contribution in [0.5, 0.6) is 11.5 Å². The van der Waals surface area contributed by atoms with Gasteiger partial charge in [-0.2, -0.15) is 0 Å². The largest absolute Gasteiger partial charge is 0.490 e. The first-order chi connectivity index (χ1) is 11.7. The molecule has 1 aliphatic heterocycles. The number of carbonyl (C=O) groups excluding carboxylic acids is 1. The van der Waals surface area contributed by atoms with Crippen molar-refractivity contribution in [2.24, 2.45) is 0 Å². The van der Waals surface area contributed by atoms with E-state index in [1.807, 2.05) is 31.2 Å². The third-order valence-electron chi connectivity index (χ3n) is 4.13. The molecule has 0 radical (unpaired) electrons. The van der Waals surface area contributed by atoms with Gasteiger partial charge in [-0.15, -0.1) is 0 Å². The van der Waals surface area contributed by atoms with Crippen molar-refractivity contribution >= 4 is 6.03 Å². The zero-order valence-corrected chi connectivity index (χ0v) is 15.9. The number of ether oxygens (including phenoxy) is 2. The van der Waals surface area contributed by atoms with Crippen LogP contribution in [0.4, 0.5) is 4.79 Å². The molecule has 0 bridgehead atoms. The second kappa shape index (κ2) is 7.95. The van der Waals surface area contributed by atoms with Gasteiger partial charge >= 0.3 is 6.03 Å². The molecule has 6 heteroatoms. The zero-order chi connectivity index (χ0) is 18.5. The highest BCUT2D eigenvalue weighted by Gasteiger charge is 2.38. The van der Waals surface area contributed by atoms with Crippen molar-refractivity contribution in [3.05, 3.63) is 24.3 Å². The van der Waals surface area contributed by atoms with Crippen LogP contribution in [-0.4, -0.2) is 36.5 Å². The Balaban J connectivity index is 1.81. The number of amides is 2. The lowest BCUT2D eigenvalue weighted by molar-refractivity contribution is 0.146. The smallest absolute Gasteiger partial charge is 0.317 e. The lowest BCUT2D eigenvalue weighted by atomic mass is 9.80. The Morgan fingerprint density at radius 2 is 1.68 bits per heavy atom. The summed E-state index contributed by atoms with van der Waals surface area (Å²) in [5, 5.41) is 9.42. The standard InChI is InChI=1S/C19H31N3O3/c1-6-24-15-9-7-8-10-16(15)25-13-20-17(23)21-14-11-18(2,3)22-19(4,5)12-14/h7-10,14,22H,6,11-13H2,1-5H3,(H2,20,21,23). The summed E-state index contributed by atoms with van der Waals surface area (Å²) in [6.45, 7) is 11.2. The summed E-state index contributed by atoms with van der Waals surface area (Å²) in [6, 6.07) is 7.34. The SMILES string of the molecule is CCOc1ccccc1OCNC(=O)NC1CC(C)(C)NC(C)(C)C1. The topological polar surface area (TPSA) is 71.6 Å². The fourth-order valence-electron chi connectivity index (χ4n) is 3.68. The van der Waals surface area contributed by atoms with Crippen LogP contribution in [0.25, 0.3) is 0 Å². The Morgan fingerprint density at radius 1 is 1.12 bits per heavy atom. The summed E-state index contributed by atoms with van der Waals surface area (Å²) < 4.78 is 11.1. The van der Waals surface area contributed by atoms with Crippen molar-refractivity contribution in [2.75, 3.05) is 13.3 Å². The van der Waals surface area contributed by atoms with E-state index in [4.69, 9.17) is 9.47 Å². The van der Waals surface area contributed by atoms with Crippen molar-refractivity contribution in [3.8, 4) is 11.5 Å². The molecule has 0 spiro atoms. The normalized spacial score (nSPS) is 19.1. The van der Waals surface area contributed by atoms with E-state index < -0.39 is 0 Å². The number of para-hydroxylation sites is 2. The van der Waals surface area contributed by atoms with Gasteiger partial charge in [0.2, 0.25) is 0 Å². The van der Waals surface area contributed by atoms with E-state index in [1.165, 1.54) is 0 Å². The number of hydrogen-bond donors (Lipinski definition) is 3. The highest BCUT2D eigenvalue weighted by Crippen LogP contribution is 2.28. The number of piperidine rings is 1. The molecule has 1 aliphatic rings. The molecule has 1 aromatic carbocycles. The average molecular weight is 349 g/mol. The number of carbonyl (C=O) groups is 1. The van der Waals surface area contributed by atoms with E-state index in [-0.39, 0.29) is 29.9 Å². The maximum atomic E-state index is 12.2. The first kappa shape index (κ1) is 19.4. The van der Waals surface area contributed by atoms with Crippen LogP contribution in [-0.2, 0) is 0 Å². The van der Waals surface area contributed by atoms with Crippen LogP contribution in [0.3, 0.4) is 0 Å². The first-order valence-electron chi connectivity index (χ1n) is 8.89. The number of hydrogen-bond acceptors (Lipinski definition) is 4. The van der Waals surface area contributed by atoms with Crippen LogP contribution in [0, 0.1) is 0 Å². The Labute approximate surface area is 150 Å². The van der Waals surface area contributed by atoms with Crippen LogP contribution in [0.15, 0.2) is 24.3 Å². The van der Waals surface area contributed by atoms with Crippen molar-refractivity contribution < 1.29 is 14.3 Å². The van der Waals surface area contributed by atoms with E-state index in [2.05, 4.69) is 43.6 Å². The summed E-state index contributed by atoms with van der Waals surface area (Å²) in [6.07, 6.45) is 1.77. The van der Waals surface area contributed by atoms with Gasteiger partial charge in [0.25, 0.3) is 0 Å². The molecule has 2 rings (SSSR count). The molecule has 0 saturated carbocycles. The van der Waals surface area contributed by atoms with Crippen molar-refractivity contribution in [2.45, 2.75) is 64.6 Å². The molecule has 1 heterocycles. The fraction of sp³-hybridized carbons (Fsp3) is 0.632. The molecule has 3 N–H and O–H groups in total. The van der Waals surface area contributed by atoms with Crippen LogP contribution in [0.2, 0.25) is 0 Å². The van der Waals surface area contributed by atoms with Gasteiger partial charge in [0.1, 0.15) is 0 Å². The van der Waals surface area contributed by atoms with E-state index in [0.29, 0.717) is 18.1 Å². The fourth-order valence-corrected chi connectivity index (χ4v) is 3.68. The van der Waals surface area contributed by atoms with Gasteiger partial charge in [-0.1, -0.05) is 12.1 Å². The van der Waals surface area contributed by atoms with E-state index in [0.717, 1.165) is 12.8 Å². The van der Waals surface area contributed by atoms with E-state index in [1.54, 1.807) is 0 Å². The van der Waals surface area contributed by atoms with Crippen molar-refractivity contribution in [1.82, 2.24) is 16.0 Å². The maximum Gasteiger partial charge on any atom is 0.317 e. The molecule has 140 valence electrons. The van der Waals surface area contributed by atoms with Crippen LogP contribution < -0.4 is 25.4 Å². The Kier molecular flexibility index (Phi) is 6.16. The molecule has 0 aliphatic carbocycles. The van der Waals surface area contributed by atoms with Gasteiger partial charge in [-0.05, 0) is 59.6 Å². The Bertz CT molecular complexity index is 571. The maximum absolute atomic E-state index is 12.2. The summed E-state index contributed by atoms with van der Waals surface area (Å²) in [7, 11) is 0. The molecule has 1 fully saturated rings. The molecule has 0 unspecified atom stereocenters. The van der Waals surface area contributed by atoms with Crippen LogP contribution in [0.1, 0.15) is 47.5 Å². The Hall–Kier alpha value is -1.95. The molecule has 2 amide bonds. The second-order valence-electron chi connectivity index (χ2n) is 7.82. The highest BCUT2D eigenvalue weighted by atomic mass is 16.5. The molecule has 1 aromatic rings. The predicted molar refractivity (Wildman–Crippen MR) is 99.1 cm³/mol. The van der Waals surface area contributed by atoms with Crippen molar-refractivity contribution in [1.29, 1.82) is 0 Å². The summed E-state index contributed by atoms with van der Waals surface area (Å²) in [5.74, 6) is 1.29. The second-order valence-corrected chi connectivity index (χ2v) is 7.82. The third-order valence-corrected chi connectivity index (χ3v) is 4.13. The monoisotopic (exact) mass is 349 g/mol. The molecule has 0 atom stereocenters. The van der Waals surface area contributed by atoms with Gasteiger partial charge in [-0.25, -0.2) is 4.79 Å². The van der Waals surface area contributed by atoms with E-state index >= 15 is 0 Å². The first-order valence-corrected chi connectivity index (χ1v) is 8.89. The zero-order valence-electron chi connectivity index (χ0n) is 15.9. The number of benzene rings is 1. The molecular weight excluding hydrogens is 318 g/mol. The lowest BCUT2D eigenvalue weighted by Crippen LogP contribution is -2.62. The third kappa shape index (κ3) is 6.12. The minimum atomic E-state index is -0.215. The molecule has 0 aromatic heterocycles. The van der Waals surface area contributed by atoms with Gasteiger partial charge in [0.15, 0.2) is 18.2 Å². The van der Waals surface area contributed by atoms with Crippen molar-refractivity contribution in [3.63, 3.8) is 0 Å². The van der Waals surface area contributed by atoms with Gasteiger partial charge < -0.3 is 25.4 Å². The van der Waals surface area contributed by atoms with Gasteiger partial charge in [-0.3, -0.25) is 0 Å². The number of nitrogens with one attached hydrogen (secondary N) is 3. The minimum Gasteiger partial charge on any atom is -0.490 e. The lowest BCUT2D eigenvalue weighted by Gasteiger charge is -2.46. The van der Waals surface area contributed by atoms with Gasteiger partial charge in [0, 0.05) is 17.1 Å². The quantitative estimate of drug-likeness (QED) is 0.690. The number of rotatable bonds is 6. The molecule has 1 saturated heterocycles. The Morgan fingerprint density at radius 3 is 2.24 bits per heavy atom.